The Hall–Kier alpha value is -4.60. The highest BCUT2D eigenvalue weighted by Gasteiger charge is 2.19. The molecule has 0 radical (unpaired) electrons. The van der Waals surface area contributed by atoms with Crippen LogP contribution in [0.1, 0.15) is 54.9 Å². The van der Waals surface area contributed by atoms with Crippen LogP contribution in [0.25, 0.3) is 28.3 Å². The third kappa shape index (κ3) is 4.97. The van der Waals surface area contributed by atoms with E-state index in [1.54, 1.807) is 21.4 Å². The van der Waals surface area contributed by atoms with E-state index in [-0.39, 0.29) is 5.69 Å². The summed E-state index contributed by atoms with van der Waals surface area (Å²) in [5, 5.41) is 14.3. The molecule has 0 amide bonds. The lowest BCUT2D eigenvalue weighted by atomic mass is 10.0. The lowest BCUT2D eigenvalue weighted by Crippen LogP contribution is -2.27. The van der Waals surface area contributed by atoms with E-state index in [0.717, 1.165) is 66.6 Å². The van der Waals surface area contributed by atoms with Crippen molar-refractivity contribution in [3.05, 3.63) is 88.5 Å². The molecule has 10 nitrogen and oxygen atoms in total. The minimum Gasteiger partial charge on any atom is -0.333 e. The lowest BCUT2D eigenvalue weighted by Gasteiger charge is -2.10. The number of aryl methyl sites for hydroxylation is 2. The summed E-state index contributed by atoms with van der Waals surface area (Å²) in [5.74, 6) is 1.14. The minimum absolute atomic E-state index is 0.179. The number of H-pyrrole nitrogens is 1. The van der Waals surface area contributed by atoms with Crippen molar-refractivity contribution < 1.29 is 4.79 Å². The SMILES string of the molecule is CCCCc1cn(-c2c(C=O)ccn2CCC)c(=O)n1Cc1cc(-c2cccc(-c3nn[nH]n3)c2)ccn1. The number of nitrogens with one attached hydrogen (secondary N) is 1. The predicted molar refractivity (Wildman–Crippen MR) is 144 cm³/mol. The number of hydrogen-bond acceptors (Lipinski definition) is 6. The second-order valence-corrected chi connectivity index (χ2v) is 9.22. The average Bonchev–Trinajstić information content (AvgIpc) is 3.69. The molecule has 5 aromatic rings. The van der Waals surface area contributed by atoms with Crippen LogP contribution in [0.2, 0.25) is 0 Å². The number of imidazole rings is 1. The lowest BCUT2D eigenvalue weighted by molar-refractivity contribution is 0.112. The molecule has 10 heteroatoms. The molecule has 0 fully saturated rings. The average molecular weight is 511 g/mol. The second-order valence-electron chi connectivity index (χ2n) is 9.22. The maximum atomic E-state index is 13.8. The van der Waals surface area contributed by atoms with Gasteiger partial charge in [-0.25, -0.2) is 4.79 Å². The zero-order chi connectivity index (χ0) is 26.5. The van der Waals surface area contributed by atoms with E-state index in [4.69, 9.17) is 0 Å². The summed E-state index contributed by atoms with van der Waals surface area (Å²) in [7, 11) is 0. The molecule has 194 valence electrons. The highest BCUT2D eigenvalue weighted by atomic mass is 16.2. The van der Waals surface area contributed by atoms with Gasteiger partial charge in [0, 0.05) is 36.4 Å². The van der Waals surface area contributed by atoms with Crippen LogP contribution in [0.3, 0.4) is 0 Å². The smallest absolute Gasteiger partial charge is 0.333 e. The quantitative estimate of drug-likeness (QED) is 0.265. The van der Waals surface area contributed by atoms with E-state index in [2.05, 4.69) is 39.5 Å². The first-order valence-corrected chi connectivity index (χ1v) is 12.9. The molecule has 0 unspecified atom stereocenters. The number of aldehydes is 1. The number of carbonyl (C=O) groups is 1. The highest BCUT2D eigenvalue weighted by molar-refractivity contribution is 5.80. The van der Waals surface area contributed by atoms with Crippen LogP contribution in [-0.4, -0.2) is 45.6 Å². The molecule has 1 N–H and O–H groups in total. The molecule has 4 heterocycles. The summed E-state index contributed by atoms with van der Waals surface area (Å²) in [4.78, 5) is 30.1. The van der Waals surface area contributed by atoms with E-state index in [9.17, 15) is 9.59 Å². The van der Waals surface area contributed by atoms with Crippen LogP contribution in [-0.2, 0) is 19.5 Å². The van der Waals surface area contributed by atoms with Gasteiger partial charge in [-0.2, -0.15) is 5.21 Å². The molecule has 0 saturated carbocycles. The van der Waals surface area contributed by atoms with Crippen LogP contribution in [0.15, 0.2) is 65.8 Å². The fourth-order valence-electron chi connectivity index (χ4n) is 4.71. The molecule has 38 heavy (non-hydrogen) atoms. The molecule has 0 bridgehead atoms. The Morgan fingerprint density at radius 2 is 1.87 bits per heavy atom. The number of unbranched alkanes of at least 4 members (excludes halogenated alkanes) is 1. The van der Waals surface area contributed by atoms with Crippen LogP contribution < -0.4 is 5.69 Å². The molecule has 4 aromatic heterocycles. The number of benzene rings is 1. The van der Waals surface area contributed by atoms with Crippen molar-refractivity contribution in [1.82, 2.24) is 39.3 Å². The first kappa shape index (κ1) is 25.1. The summed E-state index contributed by atoms with van der Waals surface area (Å²) in [5.41, 5.74) is 4.82. The van der Waals surface area contributed by atoms with Crippen molar-refractivity contribution in [2.75, 3.05) is 0 Å². The van der Waals surface area contributed by atoms with Crippen LogP contribution in [0.4, 0.5) is 0 Å². The number of rotatable bonds is 11. The molecule has 5 rings (SSSR count). The molecule has 0 saturated heterocycles. The van der Waals surface area contributed by atoms with E-state index in [1.165, 1.54) is 0 Å². The maximum absolute atomic E-state index is 13.8. The number of aromatic amines is 1. The second kappa shape index (κ2) is 11.2. The topological polar surface area (TPSA) is 116 Å². The van der Waals surface area contributed by atoms with Crippen LogP contribution in [0, 0.1) is 0 Å². The molecule has 0 aliphatic rings. The van der Waals surface area contributed by atoms with E-state index < -0.39 is 0 Å². The minimum atomic E-state index is -0.179. The zero-order valence-corrected chi connectivity index (χ0v) is 21.5. The summed E-state index contributed by atoms with van der Waals surface area (Å²) >= 11 is 0. The Bertz CT molecular complexity index is 1590. The van der Waals surface area contributed by atoms with Crippen LogP contribution in [0.5, 0.6) is 0 Å². The Morgan fingerprint density at radius 1 is 1.03 bits per heavy atom. The van der Waals surface area contributed by atoms with Crippen LogP contribution >= 0.6 is 0 Å². The first-order valence-electron chi connectivity index (χ1n) is 12.9. The monoisotopic (exact) mass is 510 g/mol. The Morgan fingerprint density at radius 3 is 2.63 bits per heavy atom. The number of hydrogen-bond donors (Lipinski definition) is 1. The zero-order valence-electron chi connectivity index (χ0n) is 21.5. The van der Waals surface area contributed by atoms with Gasteiger partial charge in [0.2, 0.25) is 5.82 Å². The molecule has 0 atom stereocenters. The van der Waals surface area contributed by atoms with Gasteiger partial charge in [-0.15, -0.1) is 10.2 Å². The van der Waals surface area contributed by atoms with Gasteiger partial charge in [0.05, 0.1) is 17.8 Å². The number of pyridine rings is 1. The molecule has 1 aromatic carbocycles. The summed E-state index contributed by atoms with van der Waals surface area (Å²) in [6.45, 7) is 5.25. The van der Waals surface area contributed by atoms with Gasteiger partial charge in [-0.3, -0.25) is 18.9 Å². The Balaban J connectivity index is 1.52. The van der Waals surface area contributed by atoms with Gasteiger partial charge in [-0.05, 0) is 59.9 Å². The predicted octanol–water partition coefficient (Wildman–Crippen LogP) is 4.30. The standard InChI is InChI=1S/C28H30N8O2/c1-3-5-9-25-18-36(27-23(19-37)11-14-34(27)13-4-2)28(38)35(25)17-24-16-21(10-12-29-24)20-7-6-8-22(15-20)26-30-32-33-31-26/h6-8,10-12,14-16,18-19H,3-5,9,13,17H2,1-2H3,(H,30,31,32,33). The Kier molecular flexibility index (Phi) is 7.39. The van der Waals surface area contributed by atoms with Crippen molar-refractivity contribution in [3.63, 3.8) is 0 Å². The van der Waals surface area contributed by atoms with E-state index >= 15 is 0 Å². The van der Waals surface area contributed by atoms with Gasteiger partial charge in [-0.1, -0.05) is 38.5 Å². The summed E-state index contributed by atoms with van der Waals surface area (Å²) in [6.07, 6.45) is 9.93. The van der Waals surface area contributed by atoms with Gasteiger partial charge in [0.25, 0.3) is 0 Å². The van der Waals surface area contributed by atoms with Crippen molar-refractivity contribution in [3.8, 4) is 28.3 Å². The molecular formula is C28H30N8O2. The fraction of sp³-hybridized carbons (Fsp3) is 0.286. The van der Waals surface area contributed by atoms with E-state index in [1.807, 2.05) is 53.4 Å². The van der Waals surface area contributed by atoms with Gasteiger partial charge in [0.15, 0.2) is 6.29 Å². The van der Waals surface area contributed by atoms with Crippen molar-refractivity contribution in [1.29, 1.82) is 0 Å². The Labute approximate surface area is 220 Å². The number of tetrazole rings is 1. The van der Waals surface area contributed by atoms with Gasteiger partial charge < -0.3 is 4.57 Å². The molecule has 0 aliphatic heterocycles. The van der Waals surface area contributed by atoms with Crippen molar-refractivity contribution >= 4 is 6.29 Å². The summed E-state index contributed by atoms with van der Waals surface area (Å²) < 4.78 is 5.35. The number of aromatic nitrogens is 8. The molecular weight excluding hydrogens is 480 g/mol. The first-order chi connectivity index (χ1) is 18.6. The number of carbonyl (C=O) groups excluding carboxylic acids is 1. The third-order valence-electron chi connectivity index (χ3n) is 6.57. The van der Waals surface area contributed by atoms with Crippen molar-refractivity contribution in [2.24, 2.45) is 0 Å². The largest absolute Gasteiger partial charge is 0.334 e. The normalized spacial score (nSPS) is 11.2. The van der Waals surface area contributed by atoms with Gasteiger partial charge >= 0.3 is 5.69 Å². The maximum Gasteiger partial charge on any atom is 0.334 e. The van der Waals surface area contributed by atoms with Gasteiger partial charge in [0.1, 0.15) is 5.82 Å². The molecule has 0 spiro atoms. The van der Waals surface area contributed by atoms with Crippen molar-refractivity contribution in [2.45, 2.75) is 52.6 Å². The van der Waals surface area contributed by atoms with E-state index in [0.29, 0.717) is 23.8 Å². The molecule has 0 aliphatic carbocycles. The third-order valence-corrected chi connectivity index (χ3v) is 6.57. The highest BCUT2D eigenvalue weighted by Crippen LogP contribution is 2.25. The number of nitrogens with zero attached hydrogens (tertiary/aromatic N) is 7. The summed E-state index contributed by atoms with van der Waals surface area (Å²) in [6, 6.07) is 13.6. The fourth-order valence-corrected chi connectivity index (χ4v) is 4.71.